The highest BCUT2D eigenvalue weighted by atomic mass is 16.5. The summed E-state index contributed by atoms with van der Waals surface area (Å²) in [7, 11) is 0. The average Bonchev–Trinajstić information content (AvgIpc) is 2.86. The van der Waals surface area contributed by atoms with E-state index in [1.54, 1.807) is 6.08 Å². The molecule has 18 heavy (non-hydrogen) atoms. The third kappa shape index (κ3) is 2.08. The molecule has 0 aromatic heterocycles. The van der Waals surface area contributed by atoms with Crippen LogP contribution in [0.5, 0.6) is 0 Å². The summed E-state index contributed by atoms with van der Waals surface area (Å²) in [5.41, 5.74) is 0. The van der Waals surface area contributed by atoms with Crippen LogP contribution in [-0.4, -0.2) is 43.1 Å². The van der Waals surface area contributed by atoms with Gasteiger partial charge in [-0.3, -0.25) is 4.79 Å². The molecule has 96 valence electrons. The second-order valence-electron chi connectivity index (χ2n) is 5.39. The van der Waals surface area contributed by atoms with Crippen molar-refractivity contribution in [2.24, 2.45) is 11.8 Å². The molecule has 3 rings (SSSR count). The molecule has 0 saturated carbocycles. The number of nitrogens with zero attached hydrogens (tertiary/aromatic N) is 2. The Hall–Kier alpha value is -1.54. The van der Waals surface area contributed by atoms with Gasteiger partial charge in [0.05, 0.1) is 0 Å². The third-order valence-corrected chi connectivity index (χ3v) is 3.97. The van der Waals surface area contributed by atoms with E-state index in [4.69, 9.17) is 10.00 Å². The van der Waals surface area contributed by atoms with E-state index in [1.165, 1.54) is 6.42 Å². The number of hydrogen-bond acceptors (Lipinski definition) is 4. The molecule has 3 aliphatic heterocycles. The number of ether oxygens (including phenoxy) is 1. The Balaban J connectivity index is 1.62. The van der Waals surface area contributed by atoms with E-state index >= 15 is 0 Å². The SMILES string of the molecule is N#CC1=CCC(C(=O)N2CC3CNCC(C3)C2)O1. The minimum absolute atomic E-state index is 0.0492. The Morgan fingerprint density at radius 2 is 2.17 bits per heavy atom. The van der Waals surface area contributed by atoms with Crippen LogP contribution in [-0.2, 0) is 9.53 Å². The molecule has 0 aliphatic carbocycles. The quantitative estimate of drug-likeness (QED) is 0.721. The molecule has 0 aromatic carbocycles. The van der Waals surface area contributed by atoms with Gasteiger partial charge >= 0.3 is 0 Å². The van der Waals surface area contributed by atoms with Gasteiger partial charge in [-0.15, -0.1) is 0 Å². The predicted octanol–water partition coefficient (Wildman–Crippen LogP) is 0.251. The van der Waals surface area contributed by atoms with Gasteiger partial charge in [-0.05, 0) is 37.4 Å². The summed E-state index contributed by atoms with van der Waals surface area (Å²) in [6.45, 7) is 3.66. The lowest BCUT2D eigenvalue weighted by atomic mass is 9.85. The molecule has 1 amide bonds. The average molecular weight is 247 g/mol. The number of carbonyl (C=O) groups excluding carboxylic acids is 1. The summed E-state index contributed by atoms with van der Waals surface area (Å²) < 4.78 is 5.34. The molecule has 3 heterocycles. The van der Waals surface area contributed by atoms with E-state index in [0.717, 1.165) is 26.2 Å². The lowest BCUT2D eigenvalue weighted by Crippen LogP contribution is -2.54. The number of nitrogens with one attached hydrogen (secondary N) is 1. The number of likely N-dealkylation sites (tertiary alicyclic amines) is 1. The molecule has 3 aliphatic rings. The summed E-state index contributed by atoms with van der Waals surface area (Å²) >= 11 is 0. The third-order valence-electron chi connectivity index (χ3n) is 3.97. The maximum absolute atomic E-state index is 12.3. The first-order valence-electron chi connectivity index (χ1n) is 6.52. The van der Waals surface area contributed by atoms with Crippen molar-refractivity contribution in [3.05, 3.63) is 11.8 Å². The molecule has 3 unspecified atom stereocenters. The monoisotopic (exact) mass is 247 g/mol. The smallest absolute Gasteiger partial charge is 0.264 e. The Bertz CT molecular complexity index is 414. The van der Waals surface area contributed by atoms with Crippen molar-refractivity contribution >= 4 is 5.91 Å². The van der Waals surface area contributed by atoms with Crippen LogP contribution < -0.4 is 5.32 Å². The fourth-order valence-electron chi connectivity index (χ4n) is 3.18. The largest absolute Gasteiger partial charge is 0.470 e. The lowest BCUT2D eigenvalue weighted by molar-refractivity contribution is -0.143. The molecule has 3 atom stereocenters. The normalized spacial score (nSPS) is 34.5. The van der Waals surface area contributed by atoms with Crippen molar-refractivity contribution in [3.8, 4) is 6.07 Å². The summed E-state index contributed by atoms with van der Waals surface area (Å²) in [5.74, 6) is 1.48. The molecule has 2 saturated heterocycles. The highest BCUT2D eigenvalue weighted by molar-refractivity contribution is 5.82. The van der Waals surface area contributed by atoms with Crippen LogP contribution in [0.1, 0.15) is 12.8 Å². The summed E-state index contributed by atoms with van der Waals surface area (Å²) in [6, 6.07) is 1.95. The fourth-order valence-corrected chi connectivity index (χ4v) is 3.18. The minimum atomic E-state index is -0.466. The first-order valence-corrected chi connectivity index (χ1v) is 6.52. The van der Waals surface area contributed by atoms with Gasteiger partial charge in [0, 0.05) is 19.5 Å². The Kier molecular flexibility index (Phi) is 2.96. The van der Waals surface area contributed by atoms with E-state index in [9.17, 15) is 4.79 Å². The number of carbonyl (C=O) groups is 1. The van der Waals surface area contributed by atoms with Crippen LogP contribution in [0.25, 0.3) is 0 Å². The predicted molar refractivity (Wildman–Crippen MR) is 64.2 cm³/mol. The number of rotatable bonds is 1. The van der Waals surface area contributed by atoms with Crippen LogP contribution in [0.3, 0.4) is 0 Å². The van der Waals surface area contributed by atoms with Gasteiger partial charge in [0.1, 0.15) is 6.07 Å². The van der Waals surface area contributed by atoms with Crippen LogP contribution in [0.4, 0.5) is 0 Å². The second kappa shape index (κ2) is 4.62. The van der Waals surface area contributed by atoms with Gasteiger partial charge in [0.25, 0.3) is 5.91 Å². The molecule has 1 N–H and O–H groups in total. The van der Waals surface area contributed by atoms with Crippen molar-refractivity contribution in [2.45, 2.75) is 18.9 Å². The first-order chi connectivity index (χ1) is 8.76. The standard InChI is InChI=1S/C13H17N3O2/c14-4-11-1-2-12(18-11)13(17)16-7-9-3-10(8-16)6-15-5-9/h1,9-10,12,15H,2-3,5-8H2. The topological polar surface area (TPSA) is 65.4 Å². The van der Waals surface area contributed by atoms with E-state index < -0.39 is 6.10 Å². The number of fused-ring (bicyclic) bond motifs is 2. The number of allylic oxidation sites excluding steroid dienone is 1. The number of amides is 1. The second-order valence-corrected chi connectivity index (χ2v) is 5.39. The lowest BCUT2D eigenvalue weighted by Gasteiger charge is -2.42. The number of hydrogen-bond donors (Lipinski definition) is 1. The Labute approximate surface area is 106 Å². The van der Waals surface area contributed by atoms with Gasteiger partial charge in [-0.2, -0.15) is 5.26 Å². The highest BCUT2D eigenvalue weighted by Crippen LogP contribution is 2.27. The molecule has 0 aromatic rings. The molecule has 5 nitrogen and oxygen atoms in total. The van der Waals surface area contributed by atoms with Crippen LogP contribution in [0.15, 0.2) is 11.8 Å². The molecule has 5 heteroatoms. The summed E-state index contributed by atoms with van der Waals surface area (Å²) in [4.78, 5) is 14.3. The van der Waals surface area contributed by atoms with Crippen molar-refractivity contribution in [3.63, 3.8) is 0 Å². The number of piperidine rings is 2. The minimum Gasteiger partial charge on any atom is -0.470 e. The number of nitriles is 1. The molecule has 2 bridgehead atoms. The van der Waals surface area contributed by atoms with Gasteiger partial charge in [-0.25, -0.2) is 0 Å². The highest BCUT2D eigenvalue weighted by Gasteiger charge is 2.36. The van der Waals surface area contributed by atoms with Gasteiger partial charge in [0.15, 0.2) is 11.9 Å². The zero-order chi connectivity index (χ0) is 12.5. The zero-order valence-electron chi connectivity index (χ0n) is 10.3. The van der Waals surface area contributed by atoms with Gasteiger partial charge in [0.2, 0.25) is 0 Å². The fraction of sp³-hybridized carbons (Fsp3) is 0.692. The van der Waals surface area contributed by atoms with Gasteiger partial charge < -0.3 is 15.0 Å². The van der Waals surface area contributed by atoms with Crippen molar-refractivity contribution < 1.29 is 9.53 Å². The summed E-state index contributed by atoms with van der Waals surface area (Å²) in [5, 5.41) is 12.1. The molecule has 2 fully saturated rings. The van der Waals surface area contributed by atoms with Crippen LogP contribution >= 0.6 is 0 Å². The van der Waals surface area contributed by atoms with E-state index in [0.29, 0.717) is 18.3 Å². The maximum Gasteiger partial charge on any atom is 0.264 e. The first kappa shape index (κ1) is 11.5. The Morgan fingerprint density at radius 1 is 1.44 bits per heavy atom. The Morgan fingerprint density at radius 3 is 2.78 bits per heavy atom. The van der Waals surface area contributed by atoms with E-state index in [-0.39, 0.29) is 11.7 Å². The molecular weight excluding hydrogens is 230 g/mol. The van der Waals surface area contributed by atoms with E-state index in [2.05, 4.69) is 5.32 Å². The van der Waals surface area contributed by atoms with Crippen molar-refractivity contribution in [1.29, 1.82) is 5.26 Å². The molecule has 0 radical (unpaired) electrons. The van der Waals surface area contributed by atoms with Crippen LogP contribution in [0.2, 0.25) is 0 Å². The van der Waals surface area contributed by atoms with Gasteiger partial charge in [-0.1, -0.05) is 0 Å². The van der Waals surface area contributed by atoms with Crippen molar-refractivity contribution in [2.75, 3.05) is 26.2 Å². The van der Waals surface area contributed by atoms with Crippen molar-refractivity contribution in [1.82, 2.24) is 10.2 Å². The van der Waals surface area contributed by atoms with E-state index in [1.807, 2.05) is 11.0 Å². The summed E-state index contributed by atoms with van der Waals surface area (Å²) in [6.07, 6.45) is 3.00. The molecule has 0 spiro atoms. The zero-order valence-corrected chi connectivity index (χ0v) is 10.3. The maximum atomic E-state index is 12.3. The molecular formula is C13H17N3O2. The van der Waals surface area contributed by atoms with Crippen LogP contribution in [0, 0.1) is 23.2 Å².